The zero-order valence-electron chi connectivity index (χ0n) is 6.71. The maximum atomic E-state index is 6.02. The Morgan fingerprint density at radius 2 is 2.27 bits per heavy atom. The van der Waals surface area contributed by atoms with Crippen molar-refractivity contribution in [1.82, 2.24) is 0 Å². The monoisotopic (exact) mass is 167 g/mol. The van der Waals surface area contributed by atoms with Crippen LogP contribution in [-0.4, -0.2) is 0 Å². The number of hydrogen-bond donors (Lipinski definition) is 1. The highest BCUT2D eigenvalue weighted by Crippen LogP contribution is 2.41. The number of hydrogen-bond acceptors (Lipinski definition) is 2. The molecule has 1 fully saturated rings. The molecule has 1 atom stereocenters. The van der Waals surface area contributed by atoms with E-state index < -0.39 is 0 Å². The first-order valence-corrected chi connectivity index (χ1v) is 4.91. The second-order valence-electron chi connectivity index (χ2n) is 3.31. The molecule has 0 saturated heterocycles. The van der Waals surface area contributed by atoms with Crippen LogP contribution in [0.3, 0.4) is 0 Å². The lowest BCUT2D eigenvalue weighted by molar-refractivity contribution is 0.645. The topological polar surface area (TPSA) is 26.0 Å². The second kappa shape index (κ2) is 2.61. The van der Waals surface area contributed by atoms with Crippen molar-refractivity contribution in [1.29, 1.82) is 0 Å². The van der Waals surface area contributed by atoms with Crippen molar-refractivity contribution in [3.8, 4) is 0 Å². The van der Waals surface area contributed by atoms with Gasteiger partial charge >= 0.3 is 0 Å². The molecular weight excluding hydrogens is 154 g/mol. The highest BCUT2D eigenvalue weighted by Gasteiger charge is 2.29. The van der Waals surface area contributed by atoms with Gasteiger partial charge in [-0.1, -0.05) is 0 Å². The summed E-state index contributed by atoms with van der Waals surface area (Å²) in [6, 6.07) is 4.65. The first-order valence-electron chi connectivity index (χ1n) is 4.09. The van der Waals surface area contributed by atoms with Gasteiger partial charge in [0.15, 0.2) is 0 Å². The van der Waals surface area contributed by atoms with E-state index in [9.17, 15) is 0 Å². The summed E-state index contributed by atoms with van der Waals surface area (Å²) < 4.78 is 0. The smallest absolute Gasteiger partial charge is 0.0418 e. The Bertz CT molecular complexity index is 250. The van der Waals surface area contributed by atoms with Crippen LogP contribution in [0.5, 0.6) is 0 Å². The molecule has 0 spiro atoms. The molecule has 11 heavy (non-hydrogen) atoms. The first-order chi connectivity index (χ1) is 5.27. The zero-order chi connectivity index (χ0) is 7.84. The summed E-state index contributed by atoms with van der Waals surface area (Å²) in [5.74, 6) is 0.785. The van der Waals surface area contributed by atoms with Crippen LogP contribution in [0.4, 0.5) is 0 Å². The van der Waals surface area contributed by atoms with Crippen molar-refractivity contribution in [2.75, 3.05) is 0 Å². The first kappa shape index (κ1) is 7.32. The molecule has 1 heterocycles. The Hall–Kier alpha value is -0.340. The minimum atomic E-state index is 0.327. The standard InChI is InChI=1S/C9H13NS/c1-6-2-5-8(11-6)9(10)7-3-4-7/h2,5,7,9H,3-4,10H2,1H3. The van der Waals surface area contributed by atoms with E-state index in [2.05, 4.69) is 19.1 Å². The van der Waals surface area contributed by atoms with E-state index in [1.54, 1.807) is 0 Å². The molecule has 1 aromatic rings. The fourth-order valence-corrected chi connectivity index (χ4v) is 2.29. The molecular formula is C9H13NS. The third kappa shape index (κ3) is 1.47. The summed E-state index contributed by atoms with van der Waals surface area (Å²) in [5, 5.41) is 0. The van der Waals surface area contributed by atoms with E-state index in [4.69, 9.17) is 5.73 Å². The number of rotatable bonds is 2. The van der Waals surface area contributed by atoms with Gasteiger partial charge < -0.3 is 5.73 Å². The highest BCUT2D eigenvalue weighted by atomic mass is 32.1. The molecule has 2 rings (SSSR count). The molecule has 0 aliphatic heterocycles. The number of thiophene rings is 1. The van der Waals surface area contributed by atoms with Gasteiger partial charge in [-0.05, 0) is 37.8 Å². The molecule has 1 unspecified atom stereocenters. The largest absolute Gasteiger partial charge is 0.323 e. The van der Waals surface area contributed by atoms with Crippen LogP contribution in [0, 0.1) is 12.8 Å². The van der Waals surface area contributed by atoms with E-state index in [0.717, 1.165) is 5.92 Å². The van der Waals surface area contributed by atoms with Crippen LogP contribution in [0.1, 0.15) is 28.6 Å². The zero-order valence-corrected chi connectivity index (χ0v) is 7.53. The quantitative estimate of drug-likeness (QED) is 0.719. The fourth-order valence-electron chi connectivity index (χ4n) is 1.32. The predicted molar refractivity (Wildman–Crippen MR) is 48.7 cm³/mol. The van der Waals surface area contributed by atoms with Gasteiger partial charge in [-0.25, -0.2) is 0 Å². The minimum Gasteiger partial charge on any atom is -0.323 e. The molecule has 0 radical (unpaired) electrons. The van der Waals surface area contributed by atoms with Gasteiger partial charge in [0.1, 0.15) is 0 Å². The molecule has 60 valence electrons. The fraction of sp³-hybridized carbons (Fsp3) is 0.556. The third-order valence-electron chi connectivity index (χ3n) is 2.22. The normalized spacial score (nSPS) is 20.2. The molecule has 1 aliphatic rings. The average molecular weight is 167 g/mol. The lowest BCUT2D eigenvalue weighted by Crippen LogP contribution is -2.10. The highest BCUT2D eigenvalue weighted by molar-refractivity contribution is 7.12. The van der Waals surface area contributed by atoms with Crippen molar-refractivity contribution in [3.05, 3.63) is 21.9 Å². The number of nitrogens with two attached hydrogens (primary N) is 1. The van der Waals surface area contributed by atoms with E-state index >= 15 is 0 Å². The maximum absolute atomic E-state index is 6.02. The van der Waals surface area contributed by atoms with Crippen molar-refractivity contribution >= 4 is 11.3 Å². The number of aryl methyl sites for hydroxylation is 1. The van der Waals surface area contributed by atoms with Crippen LogP contribution >= 0.6 is 11.3 Å². The van der Waals surface area contributed by atoms with Gasteiger partial charge in [-0.2, -0.15) is 0 Å². The Morgan fingerprint density at radius 3 is 2.73 bits per heavy atom. The maximum Gasteiger partial charge on any atom is 0.0418 e. The molecule has 1 nitrogen and oxygen atoms in total. The minimum absolute atomic E-state index is 0.327. The lowest BCUT2D eigenvalue weighted by atomic mass is 10.2. The van der Waals surface area contributed by atoms with Crippen LogP contribution in [0.25, 0.3) is 0 Å². The van der Waals surface area contributed by atoms with Crippen LogP contribution < -0.4 is 5.73 Å². The van der Waals surface area contributed by atoms with Crippen LogP contribution in [0.15, 0.2) is 12.1 Å². The van der Waals surface area contributed by atoms with E-state index in [1.165, 1.54) is 22.6 Å². The summed E-state index contributed by atoms with van der Waals surface area (Å²) in [7, 11) is 0. The molecule has 2 N–H and O–H groups in total. The average Bonchev–Trinajstić information content (AvgIpc) is 2.74. The molecule has 0 aromatic carbocycles. The van der Waals surface area contributed by atoms with Crippen molar-refractivity contribution in [2.45, 2.75) is 25.8 Å². The summed E-state index contributed by atoms with van der Waals surface area (Å²) in [6.45, 7) is 2.13. The molecule has 1 aromatic heterocycles. The Labute approximate surface area is 71.2 Å². The van der Waals surface area contributed by atoms with E-state index in [0.29, 0.717) is 6.04 Å². The van der Waals surface area contributed by atoms with Crippen molar-refractivity contribution < 1.29 is 0 Å². The summed E-state index contributed by atoms with van der Waals surface area (Å²) in [4.78, 5) is 2.74. The van der Waals surface area contributed by atoms with Gasteiger partial charge in [0.05, 0.1) is 0 Å². The predicted octanol–water partition coefficient (Wildman–Crippen LogP) is 2.47. The Kier molecular flexibility index (Phi) is 1.74. The van der Waals surface area contributed by atoms with Gasteiger partial charge in [0.25, 0.3) is 0 Å². The SMILES string of the molecule is Cc1ccc(C(N)C2CC2)s1. The van der Waals surface area contributed by atoms with Gasteiger partial charge in [0, 0.05) is 15.8 Å². The molecule has 1 saturated carbocycles. The molecule has 1 aliphatic carbocycles. The third-order valence-corrected chi connectivity index (χ3v) is 3.32. The van der Waals surface area contributed by atoms with Crippen LogP contribution in [0.2, 0.25) is 0 Å². The molecule has 0 amide bonds. The van der Waals surface area contributed by atoms with Gasteiger partial charge in [-0.15, -0.1) is 11.3 Å². The molecule has 2 heteroatoms. The van der Waals surface area contributed by atoms with Crippen molar-refractivity contribution in [3.63, 3.8) is 0 Å². The summed E-state index contributed by atoms with van der Waals surface area (Å²) >= 11 is 1.84. The van der Waals surface area contributed by atoms with Crippen molar-refractivity contribution in [2.24, 2.45) is 11.7 Å². The lowest BCUT2D eigenvalue weighted by Gasteiger charge is -2.05. The van der Waals surface area contributed by atoms with E-state index in [1.807, 2.05) is 11.3 Å². The Morgan fingerprint density at radius 1 is 1.55 bits per heavy atom. The Balaban J connectivity index is 2.14. The van der Waals surface area contributed by atoms with Gasteiger partial charge in [0.2, 0.25) is 0 Å². The second-order valence-corrected chi connectivity index (χ2v) is 4.63. The van der Waals surface area contributed by atoms with E-state index in [-0.39, 0.29) is 0 Å². The summed E-state index contributed by atoms with van der Waals surface area (Å²) in [6.07, 6.45) is 2.66. The molecule has 0 bridgehead atoms. The van der Waals surface area contributed by atoms with Gasteiger partial charge in [-0.3, -0.25) is 0 Å². The van der Waals surface area contributed by atoms with Crippen LogP contribution in [-0.2, 0) is 0 Å². The summed E-state index contributed by atoms with van der Waals surface area (Å²) in [5.41, 5.74) is 6.02.